The summed E-state index contributed by atoms with van der Waals surface area (Å²) in [6.45, 7) is 16.9. The summed E-state index contributed by atoms with van der Waals surface area (Å²) < 4.78 is 30.7. The van der Waals surface area contributed by atoms with Crippen LogP contribution in [0.5, 0.6) is 11.5 Å². The highest BCUT2D eigenvalue weighted by Crippen LogP contribution is 2.51. The molecule has 1 aliphatic rings. The molecule has 0 radical (unpaired) electrons. The summed E-state index contributed by atoms with van der Waals surface area (Å²) >= 11 is 14.4. The van der Waals surface area contributed by atoms with Crippen LogP contribution in [0.4, 0.5) is 0 Å². The Labute approximate surface area is 306 Å². The normalized spacial score (nSPS) is 16.2. The molecular weight excluding hydrogens is 667 g/mol. The number of hydrogen-bond acceptors (Lipinski definition) is 5. The van der Waals surface area contributed by atoms with Crippen molar-refractivity contribution in [3.05, 3.63) is 117 Å². The first-order valence-electron chi connectivity index (χ1n) is 17.5. The van der Waals surface area contributed by atoms with Crippen LogP contribution in [-0.4, -0.2) is 52.9 Å². The molecule has 5 aromatic carbocycles. The van der Waals surface area contributed by atoms with Crippen LogP contribution in [-0.2, 0) is 25.0 Å². The minimum atomic E-state index is -0.455. The van der Waals surface area contributed by atoms with Gasteiger partial charge in [0, 0.05) is 32.7 Å². The lowest BCUT2D eigenvalue weighted by Gasteiger charge is -2.29. The maximum absolute atomic E-state index is 7.20. The van der Waals surface area contributed by atoms with Crippen LogP contribution in [0.2, 0.25) is 10.0 Å². The molecule has 0 saturated heterocycles. The van der Waals surface area contributed by atoms with Gasteiger partial charge in [-0.15, -0.1) is 0 Å². The third kappa shape index (κ3) is 8.09. The number of ether oxygens (including phenoxy) is 5. The zero-order chi connectivity index (χ0) is 35.5. The van der Waals surface area contributed by atoms with Gasteiger partial charge in [-0.25, -0.2) is 0 Å². The van der Waals surface area contributed by atoms with E-state index in [1.807, 2.05) is 18.2 Å². The molecule has 0 spiro atoms. The topological polar surface area (TPSA) is 46.2 Å². The second-order valence-corrected chi connectivity index (χ2v) is 15.7. The Morgan fingerprint density at radius 3 is 1.28 bits per heavy atom. The van der Waals surface area contributed by atoms with Gasteiger partial charge in [0.1, 0.15) is 24.7 Å². The average Bonchev–Trinajstić information content (AvgIpc) is 3.07. The number of hydrogen-bond donors (Lipinski definition) is 0. The van der Waals surface area contributed by atoms with E-state index in [0.29, 0.717) is 62.9 Å². The molecule has 0 unspecified atom stereocenters. The molecule has 0 aromatic heterocycles. The highest BCUT2D eigenvalue weighted by atomic mass is 35.5. The Morgan fingerprint density at radius 2 is 0.880 bits per heavy atom. The van der Waals surface area contributed by atoms with Crippen molar-refractivity contribution in [2.45, 2.75) is 58.3 Å². The van der Waals surface area contributed by atoms with Crippen LogP contribution in [0.15, 0.2) is 78.9 Å². The fourth-order valence-corrected chi connectivity index (χ4v) is 7.25. The Morgan fingerprint density at radius 1 is 0.480 bits per heavy atom. The summed E-state index contributed by atoms with van der Waals surface area (Å²) in [7, 11) is 0. The molecule has 264 valence electrons. The van der Waals surface area contributed by atoms with Crippen LogP contribution in [0.3, 0.4) is 0 Å². The summed E-state index contributed by atoms with van der Waals surface area (Å²) in [5.41, 5.74) is 5.18. The van der Waals surface area contributed by atoms with Crippen molar-refractivity contribution in [2.24, 2.45) is 0 Å². The molecular formula is C43H48Cl2O5. The number of benzene rings is 5. The van der Waals surface area contributed by atoms with Gasteiger partial charge in [-0.2, -0.15) is 0 Å². The molecule has 1 aliphatic heterocycles. The van der Waals surface area contributed by atoms with Crippen LogP contribution >= 0.6 is 23.2 Å². The maximum atomic E-state index is 7.20. The van der Waals surface area contributed by atoms with E-state index < -0.39 is 5.92 Å². The van der Waals surface area contributed by atoms with Gasteiger partial charge in [0.15, 0.2) is 0 Å². The summed E-state index contributed by atoms with van der Waals surface area (Å²) in [6, 6.07) is 27.6. The molecule has 0 fully saturated rings. The summed E-state index contributed by atoms with van der Waals surface area (Å²) in [5.74, 6) is 1.02. The van der Waals surface area contributed by atoms with E-state index in [0.717, 1.165) is 49.7 Å². The second kappa shape index (κ2) is 15.5. The highest BCUT2D eigenvalue weighted by Gasteiger charge is 2.32. The molecule has 0 N–H and O–H groups in total. The van der Waals surface area contributed by atoms with Gasteiger partial charge in [-0.1, -0.05) is 119 Å². The molecule has 1 heterocycles. The van der Waals surface area contributed by atoms with E-state index in [9.17, 15) is 0 Å². The molecule has 0 bridgehead atoms. The molecule has 7 heteroatoms. The van der Waals surface area contributed by atoms with Gasteiger partial charge in [0.05, 0.1) is 39.6 Å². The summed E-state index contributed by atoms with van der Waals surface area (Å²) in [6.07, 6.45) is 0. The van der Waals surface area contributed by atoms with E-state index in [2.05, 4.69) is 102 Å². The molecule has 5 nitrogen and oxygen atoms in total. The Kier molecular flexibility index (Phi) is 11.3. The zero-order valence-electron chi connectivity index (χ0n) is 30.0. The fourth-order valence-electron chi connectivity index (χ4n) is 6.63. The largest absolute Gasteiger partial charge is 0.491 e. The SMILES string of the molecule is CC(C)(C)c1ccc2c3c(ccc2c1)OCCOCCOCCOCCOc1ccc2cc(C(C)(C)C)ccc2c1C3c1c(Cl)cccc1Cl. The van der Waals surface area contributed by atoms with Gasteiger partial charge in [-0.05, 0) is 67.8 Å². The number of halogens is 2. The fraction of sp³-hybridized carbons (Fsp3) is 0.395. The van der Waals surface area contributed by atoms with E-state index >= 15 is 0 Å². The van der Waals surface area contributed by atoms with E-state index in [4.69, 9.17) is 46.9 Å². The predicted octanol–water partition coefficient (Wildman–Crippen LogP) is 10.9. The van der Waals surface area contributed by atoms with Gasteiger partial charge in [-0.3, -0.25) is 0 Å². The third-order valence-electron chi connectivity index (χ3n) is 9.36. The predicted molar refractivity (Wildman–Crippen MR) is 206 cm³/mol. The van der Waals surface area contributed by atoms with Crippen molar-refractivity contribution in [3.8, 4) is 11.5 Å². The molecule has 6 rings (SSSR count). The Bertz CT molecular complexity index is 1820. The molecule has 50 heavy (non-hydrogen) atoms. The first-order valence-corrected chi connectivity index (χ1v) is 18.3. The maximum Gasteiger partial charge on any atom is 0.124 e. The molecule has 0 amide bonds. The van der Waals surface area contributed by atoms with E-state index in [1.165, 1.54) is 11.1 Å². The van der Waals surface area contributed by atoms with Crippen molar-refractivity contribution in [3.63, 3.8) is 0 Å². The van der Waals surface area contributed by atoms with Crippen molar-refractivity contribution in [1.29, 1.82) is 0 Å². The smallest absolute Gasteiger partial charge is 0.124 e. The molecule has 0 atom stereocenters. The van der Waals surface area contributed by atoms with Crippen LogP contribution in [0, 0.1) is 0 Å². The zero-order valence-corrected chi connectivity index (χ0v) is 31.5. The summed E-state index contributed by atoms with van der Waals surface area (Å²) in [5, 5.41) is 5.46. The quantitative estimate of drug-likeness (QED) is 0.173. The average molecular weight is 716 g/mol. The highest BCUT2D eigenvalue weighted by molar-refractivity contribution is 6.36. The van der Waals surface area contributed by atoms with Gasteiger partial charge >= 0.3 is 0 Å². The third-order valence-corrected chi connectivity index (χ3v) is 10.0. The Balaban J connectivity index is 1.68. The number of rotatable bonds is 1. The minimum Gasteiger partial charge on any atom is -0.491 e. The van der Waals surface area contributed by atoms with E-state index in [1.54, 1.807) is 0 Å². The van der Waals surface area contributed by atoms with Crippen molar-refractivity contribution >= 4 is 44.7 Å². The molecule has 0 saturated carbocycles. The second-order valence-electron chi connectivity index (χ2n) is 14.9. The lowest BCUT2D eigenvalue weighted by Crippen LogP contribution is -2.17. The van der Waals surface area contributed by atoms with Crippen molar-refractivity contribution in [2.75, 3.05) is 52.9 Å². The van der Waals surface area contributed by atoms with Gasteiger partial charge < -0.3 is 23.7 Å². The standard InChI is InChI=1S/C43H48Cl2O5/c1-42(2,3)30-12-14-32-28(26-30)10-16-36-38(32)41(40-34(44)8-7-9-35(40)45)39-33-15-13-31(43(4,5)6)27-29(33)11-17-37(39)50-25-23-48-21-19-46-18-20-47-22-24-49-36/h7-17,26-27,41H,18-25H2,1-6H3. The van der Waals surface area contributed by atoms with Crippen molar-refractivity contribution < 1.29 is 23.7 Å². The van der Waals surface area contributed by atoms with Crippen LogP contribution < -0.4 is 9.47 Å². The lowest BCUT2D eigenvalue weighted by atomic mass is 9.78. The Hall–Kier alpha value is -3.32. The lowest BCUT2D eigenvalue weighted by molar-refractivity contribution is 0.00481. The van der Waals surface area contributed by atoms with Crippen molar-refractivity contribution in [1.82, 2.24) is 0 Å². The first kappa shape index (κ1) is 36.5. The monoisotopic (exact) mass is 714 g/mol. The first-order chi connectivity index (χ1) is 23.9. The molecule has 5 aromatic rings. The van der Waals surface area contributed by atoms with Gasteiger partial charge in [0.25, 0.3) is 0 Å². The van der Waals surface area contributed by atoms with Gasteiger partial charge in [0.2, 0.25) is 0 Å². The summed E-state index contributed by atoms with van der Waals surface area (Å²) in [4.78, 5) is 0. The van der Waals surface area contributed by atoms with E-state index in [-0.39, 0.29) is 10.8 Å². The van der Waals surface area contributed by atoms with Crippen LogP contribution in [0.25, 0.3) is 21.5 Å². The molecule has 0 aliphatic carbocycles. The van der Waals surface area contributed by atoms with Crippen LogP contribution in [0.1, 0.15) is 75.3 Å². The number of fused-ring (bicyclic) bond motifs is 6. The minimum absolute atomic E-state index is 0.0257.